The predicted molar refractivity (Wildman–Crippen MR) is 183 cm³/mol. The number of aliphatic imine (C=N–C) groups is 2. The molecule has 52 heavy (non-hydrogen) atoms. The zero-order valence-corrected chi connectivity index (χ0v) is 28.4. The predicted octanol–water partition coefficient (Wildman–Crippen LogP) is -4.81. The molecular formula is C33H47N7O12. The van der Waals surface area contributed by atoms with E-state index < -0.39 is 103 Å². The molecule has 19 heteroatoms. The number of aliphatic hydroxyl groups excluding tert-OH is 6. The molecule has 15 atom stereocenters. The minimum atomic E-state index is -2.52. The fourth-order valence-corrected chi connectivity index (χ4v) is 7.51. The number of nitrogens with two attached hydrogens (primary N) is 4. The van der Waals surface area contributed by atoms with Gasteiger partial charge in [-0.05, 0) is 37.2 Å². The van der Waals surface area contributed by atoms with Gasteiger partial charge in [-0.1, -0.05) is 42.5 Å². The number of nitrogen functional groups attached to an aromatic ring is 1. The lowest BCUT2D eigenvalue weighted by atomic mass is 9.57. The van der Waals surface area contributed by atoms with Gasteiger partial charge in [0.2, 0.25) is 0 Å². The summed E-state index contributed by atoms with van der Waals surface area (Å²) >= 11 is 0. The Labute approximate surface area is 298 Å². The first-order valence-electron chi connectivity index (χ1n) is 16.4. The largest absolute Gasteiger partial charge is 0.399 e. The molecule has 0 aromatic heterocycles. The topological polar surface area (TPSA) is 336 Å². The lowest BCUT2D eigenvalue weighted by Gasteiger charge is -2.59. The normalized spacial score (nSPS) is 42.2. The van der Waals surface area contributed by atoms with Crippen molar-refractivity contribution in [2.24, 2.45) is 27.2 Å². The van der Waals surface area contributed by atoms with E-state index in [0.717, 1.165) is 6.34 Å². The van der Waals surface area contributed by atoms with Crippen LogP contribution < -0.4 is 28.3 Å². The van der Waals surface area contributed by atoms with E-state index in [-0.39, 0.29) is 23.1 Å². The first-order valence-corrected chi connectivity index (χ1v) is 16.4. The summed E-state index contributed by atoms with van der Waals surface area (Å²) in [6.07, 6.45) is -16.2. The summed E-state index contributed by atoms with van der Waals surface area (Å²) in [5.41, 5.74) is 16.9. The number of hydrogen-bond donors (Lipinski definition) is 12. The molecule has 1 saturated carbocycles. The third kappa shape index (κ3) is 6.21. The van der Waals surface area contributed by atoms with Crippen molar-refractivity contribution in [3.8, 4) is 0 Å². The fraction of sp³-hybridized carbons (Fsp3) is 0.545. The summed E-state index contributed by atoms with van der Waals surface area (Å²) in [6.45, 7) is 0.598. The van der Waals surface area contributed by atoms with E-state index in [1.807, 2.05) is 0 Å². The molecule has 5 rings (SSSR count). The van der Waals surface area contributed by atoms with Crippen LogP contribution >= 0.6 is 0 Å². The number of likely N-dealkylation sites (N-methyl/N-ethyl adjacent to an activating group) is 1. The van der Waals surface area contributed by atoms with Crippen LogP contribution in [-0.2, 0) is 34.9 Å². The molecule has 0 spiro atoms. The lowest BCUT2D eigenvalue weighted by Crippen LogP contribution is -2.75. The van der Waals surface area contributed by atoms with E-state index in [4.69, 9.17) is 41.9 Å². The van der Waals surface area contributed by atoms with Crippen LogP contribution in [0.2, 0.25) is 0 Å². The molecule has 2 heterocycles. The van der Waals surface area contributed by atoms with Gasteiger partial charge in [0, 0.05) is 5.69 Å². The maximum Gasteiger partial charge on any atom is 0.189 e. The fourth-order valence-electron chi connectivity index (χ4n) is 7.51. The summed E-state index contributed by atoms with van der Waals surface area (Å²) in [5.74, 6) is -0.599. The number of benzene rings is 2. The van der Waals surface area contributed by atoms with E-state index in [1.54, 1.807) is 18.2 Å². The third-order valence-electron chi connectivity index (χ3n) is 10.2. The minimum absolute atomic E-state index is 0.0220. The molecule has 16 N–H and O–H groups in total. The van der Waals surface area contributed by atoms with Crippen LogP contribution in [0.15, 0.2) is 64.6 Å². The monoisotopic (exact) mass is 733 g/mol. The van der Waals surface area contributed by atoms with E-state index in [2.05, 4.69) is 15.3 Å². The number of hydrogen-bond acceptors (Lipinski definition) is 16. The van der Waals surface area contributed by atoms with Crippen LogP contribution in [0.1, 0.15) is 18.1 Å². The number of aliphatic hydroxyl groups is 7. The first kappa shape index (κ1) is 39.4. The molecule has 0 bridgehead atoms. The highest BCUT2D eigenvalue weighted by Crippen LogP contribution is 2.58. The van der Waals surface area contributed by atoms with Crippen LogP contribution in [0.25, 0.3) is 0 Å². The number of carbonyl (C=O) groups excluding carboxylic acids is 1. The van der Waals surface area contributed by atoms with Gasteiger partial charge in [-0.3, -0.25) is 9.79 Å². The quantitative estimate of drug-likeness (QED) is 0.0446. The van der Waals surface area contributed by atoms with Crippen LogP contribution in [0, 0.1) is 0 Å². The Bertz CT molecular complexity index is 1590. The molecule has 0 amide bonds. The van der Waals surface area contributed by atoms with Gasteiger partial charge in [-0.2, -0.15) is 0 Å². The summed E-state index contributed by atoms with van der Waals surface area (Å²) in [6, 6.07) is 10.9. The van der Waals surface area contributed by atoms with Gasteiger partial charge < -0.3 is 82.9 Å². The van der Waals surface area contributed by atoms with Gasteiger partial charge in [-0.25, -0.2) is 4.99 Å². The van der Waals surface area contributed by atoms with Crippen molar-refractivity contribution in [2.45, 2.75) is 97.2 Å². The number of rotatable bonds is 11. The average molecular weight is 734 g/mol. The van der Waals surface area contributed by atoms with E-state index in [1.165, 1.54) is 50.4 Å². The van der Waals surface area contributed by atoms with Crippen LogP contribution in [0.5, 0.6) is 0 Å². The highest BCUT2D eigenvalue weighted by atomic mass is 16.8. The highest BCUT2D eigenvalue weighted by Gasteiger charge is 2.73. The summed E-state index contributed by atoms with van der Waals surface area (Å²) in [4.78, 5) is 21.3. The molecule has 2 saturated heterocycles. The van der Waals surface area contributed by atoms with Crippen molar-refractivity contribution < 1.29 is 59.5 Å². The Balaban J connectivity index is 1.79. The third-order valence-corrected chi connectivity index (χ3v) is 10.2. The van der Waals surface area contributed by atoms with Gasteiger partial charge in [0.05, 0.1) is 25.1 Å². The van der Waals surface area contributed by atoms with E-state index in [0.29, 0.717) is 0 Å². The maximum atomic E-state index is 12.7. The van der Waals surface area contributed by atoms with Gasteiger partial charge in [0.15, 0.2) is 41.6 Å². The molecule has 286 valence electrons. The molecule has 2 aliphatic heterocycles. The molecule has 0 radical (unpaired) electrons. The second kappa shape index (κ2) is 15.3. The molecule has 1 aliphatic carbocycles. The van der Waals surface area contributed by atoms with Crippen molar-refractivity contribution in [3.63, 3.8) is 0 Å². The maximum absolute atomic E-state index is 12.7. The van der Waals surface area contributed by atoms with Crippen molar-refractivity contribution in [3.05, 3.63) is 65.7 Å². The number of nitrogens with one attached hydrogen (secondary N) is 1. The second-order valence-electron chi connectivity index (χ2n) is 13.0. The number of anilines is 1. The molecule has 19 nitrogen and oxygen atoms in total. The number of guanidine groups is 1. The van der Waals surface area contributed by atoms with E-state index in [9.17, 15) is 40.5 Å². The number of nitrogens with zero attached hydrogens (tertiary/aromatic N) is 2. The Hall–Kier alpha value is -3.83. The van der Waals surface area contributed by atoms with Gasteiger partial charge in [-0.15, -0.1) is 0 Å². The highest BCUT2D eigenvalue weighted by molar-refractivity contribution is 5.77. The SMILES string of the molecule is CN[C@@H]1[C@H](O[C@H]2[C@H](O[C@@]3(c4ccc(N)cc4)[C@H](O)[C@@H](O)[C@H](N=CN)[C@@H](O)[C@@]3(N=C(N)N)c3ccccc3)O[C@@H](C)[C@]2(O)C=O)O[C@@H](CO)[C@H](O)[C@H]1O. The molecule has 3 aliphatic rings. The summed E-state index contributed by atoms with van der Waals surface area (Å²) in [5, 5.41) is 82.3. The Morgan fingerprint density at radius 1 is 0.942 bits per heavy atom. The molecule has 2 aromatic rings. The zero-order chi connectivity index (χ0) is 38.2. The Morgan fingerprint density at radius 2 is 1.60 bits per heavy atom. The molecule has 0 unspecified atom stereocenters. The number of aldehydes is 1. The summed E-state index contributed by atoms with van der Waals surface area (Å²) in [7, 11) is 1.42. The Morgan fingerprint density at radius 3 is 2.15 bits per heavy atom. The van der Waals surface area contributed by atoms with Crippen molar-refractivity contribution >= 4 is 24.3 Å². The van der Waals surface area contributed by atoms with Gasteiger partial charge in [0.25, 0.3) is 0 Å². The smallest absolute Gasteiger partial charge is 0.189 e. The van der Waals surface area contributed by atoms with Gasteiger partial charge in [0.1, 0.15) is 48.8 Å². The minimum Gasteiger partial charge on any atom is -0.399 e. The Kier molecular flexibility index (Phi) is 11.6. The molecule has 2 aromatic carbocycles. The van der Waals surface area contributed by atoms with Gasteiger partial charge >= 0.3 is 0 Å². The second-order valence-corrected chi connectivity index (χ2v) is 13.0. The van der Waals surface area contributed by atoms with Crippen molar-refractivity contribution in [1.29, 1.82) is 0 Å². The first-order chi connectivity index (χ1) is 24.7. The standard InChI is InChI=1S/C33H47N7O12/c1-15-31(48,13-42)27(51-28-21(38-2)23(44)22(43)19(12-41)50-28)29(49-15)52-33(17-8-10-18(35)11-9-17)26(47)24(45)20(39-14-34)25(46)32(33,40-30(36)37)16-6-4-3-5-7-16/h3-11,13-15,19-29,38,41,43-48H,12,35H2,1-2H3,(H2,34,39)(H4,36,37,40)/t15-,19-,20-,21-,22-,23-,24-,25+,26+,27-,28-,29-,31+,32-,33-/m0/s1. The zero-order valence-electron chi connectivity index (χ0n) is 28.4. The number of ether oxygens (including phenoxy) is 4. The molecular weight excluding hydrogens is 686 g/mol. The van der Waals surface area contributed by atoms with Crippen LogP contribution in [0.3, 0.4) is 0 Å². The van der Waals surface area contributed by atoms with Crippen LogP contribution in [0.4, 0.5) is 5.69 Å². The lowest BCUT2D eigenvalue weighted by molar-refractivity contribution is -0.343. The van der Waals surface area contributed by atoms with E-state index >= 15 is 0 Å². The number of carbonyl (C=O) groups is 1. The molecule has 3 fully saturated rings. The average Bonchev–Trinajstić information content (AvgIpc) is 3.36. The van der Waals surface area contributed by atoms with Crippen molar-refractivity contribution in [2.75, 3.05) is 19.4 Å². The van der Waals surface area contributed by atoms with Crippen molar-refractivity contribution in [1.82, 2.24) is 5.32 Å². The van der Waals surface area contributed by atoms with Crippen LogP contribution in [-0.4, -0.2) is 147 Å². The summed E-state index contributed by atoms with van der Waals surface area (Å²) < 4.78 is 24.8.